The van der Waals surface area contributed by atoms with Crippen molar-refractivity contribution in [2.45, 2.75) is 13.8 Å². The van der Waals surface area contributed by atoms with E-state index in [-0.39, 0.29) is 5.82 Å². The summed E-state index contributed by atoms with van der Waals surface area (Å²) in [5.74, 6) is -0.216. The predicted molar refractivity (Wildman–Crippen MR) is 82.9 cm³/mol. The number of nitrogens with zero attached hydrogens (tertiary/aromatic N) is 2. The molecule has 0 aliphatic rings. The average Bonchev–Trinajstić information content (AvgIpc) is 2.95. The van der Waals surface area contributed by atoms with Gasteiger partial charge >= 0.3 is 0 Å². The maximum Gasteiger partial charge on any atom is 0.183 e. The van der Waals surface area contributed by atoms with Crippen molar-refractivity contribution in [3.8, 4) is 11.3 Å². The van der Waals surface area contributed by atoms with Crippen LogP contribution in [0.4, 0.5) is 9.52 Å². The molecule has 0 radical (unpaired) electrons. The Bertz CT molecular complexity index is 773. The molecule has 3 aromatic rings. The number of nitrogens with one attached hydrogen (secondary N) is 1. The van der Waals surface area contributed by atoms with Crippen LogP contribution in [-0.4, -0.2) is 16.1 Å². The second-order valence-corrected chi connectivity index (χ2v) is 5.61. The summed E-state index contributed by atoms with van der Waals surface area (Å²) < 4.78 is 15.6. The summed E-state index contributed by atoms with van der Waals surface area (Å²) >= 11 is 1.57. The van der Waals surface area contributed by atoms with Crippen molar-refractivity contribution in [3.05, 3.63) is 35.1 Å². The number of fused-ring (bicyclic) bond motifs is 1. The molecule has 3 nitrogen and oxygen atoms in total. The van der Waals surface area contributed by atoms with Gasteiger partial charge in [-0.2, -0.15) is 0 Å². The molecule has 1 N–H and O–H groups in total. The molecular weight excluding hydrogens is 273 g/mol. The number of thiazole rings is 1. The van der Waals surface area contributed by atoms with E-state index in [0.717, 1.165) is 39.5 Å². The fourth-order valence-electron chi connectivity index (χ4n) is 2.49. The predicted octanol–water partition coefficient (Wildman–Crippen LogP) is 4.18. The molecule has 3 rings (SSSR count). The van der Waals surface area contributed by atoms with Crippen LogP contribution in [0.3, 0.4) is 0 Å². The minimum Gasteiger partial charge on any atom is -0.362 e. The first kappa shape index (κ1) is 13.1. The van der Waals surface area contributed by atoms with Crippen molar-refractivity contribution in [2.24, 2.45) is 7.05 Å². The summed E-state index contributed by atoms with van der Waals surface area (Å²) in [7, 11) is 2.00. The van der Waals surface area contributed by atoms with Gasteiger partial charge in [-0.1, -0.05) is 0 Å². The van der Waals surface area contributed by atoms with Gasteiger partial charge in [-0.25, -0.2) is 9.37 Å². The van der Waals surface area contributed by atoms with Crippen molar-refractivity contribution in [1.29, 1.82) is 0 Å². The Morgan fingerprint density at radius 1 is 1.40 bits per heavy atom. The molecule has 0 fully saturated rings. The van der Waals surface area contributed by atoms with Crippen LogP contribution in [0.5, 0.6) is 0 Å². The number of hydrogen-bond acceptors (Lipinski definition) is 3. The van der Waals surface area contributed by atoms with Crippen molar-refractivity contribution >= 4 is 27.4 Å². The standard InChI is InChI=1S/C15H16FN3S/c1-4-17-15-18-12(8-20-15)14-9(2)19(3)13-6-5-10(16)7-11(13)14/h5-8H,4H2,1-3H3,(H,17,18). The molecule has 0 bridgehead atoms. The van der Waals surface area contributed by atoms with Gasteiger partial charge in [0.05, 0.1) is 5.69 Å². The van der Waals surface area contributed by atoms with E-state index in [9.17, 15) is 4.39 Å². The lowest BCUT2D eigenvalue weighted by Crippen LogP contribution is -1.95. The Balaban J connectivity index is 2.23. The fourth-order valence-corrected chi connectivity index (χ4v) is 3.26. The lowest BCUT2D eigenvalue weighted by atomic mass is 10.1. The van der Waals surface area contributed by atoms with Crippen LogP contribution < -0.4 is 5.32 Å². The molecule has 0 atom stereocenters. The van der Waals surface area contributed by atoms with Gasteiger partial charge in [-0.15, -0.1) is 11.3 Å². The van der Waals surface area contributed by atoms with Gasteiger partial charge in [-0.05, 0) is 32.0 Å². The number of anilines is 1. The highest BCUT2D eigenvalue weighted by molar-refractivity contribution is 7.14. The maximum absolute atomic E-state index is 13.6. The smallest absolute Gasteiger partial charge is 0.183 e. The first-order chi connectivity index (χ1) is 9.61. The van der Waals surface area contributed by atoms with Gasteiger partial charge in [0.25, 0.3) is 0 Å². The van der Waals surface area contributed by atoms with Crippen molar-refractivity contribution in [1.82, 2.24) is 9.55 Å². The third-order valence-electron chi connectivity index (χ3n) is 3.54. The van der Waals surface area contributed by atoms with Crippen LogP contribution >= 0.6 is 11.3 Å². The molecule has 0 spiro atoms. The van der Waals surface area contributed by atoms with Gasteiger partial charge in [0, 0.05) is 41.1 Å². The quantitative estimate of drug-likeness (QED) is 0.784. The van der Waals surface area contributed by atoms with Crippen LogP contribution in [0.2, 0.25) is 0 Å². The van der Waals surface area contributed by atoms with Crippen molar-refractivity contribution < 1.29 is 4.39 Å². The largest absolute Gasteiger partial charge is 0.362 e. The van der Waals surface area contributed by atoms with Gasteiger partial charge < -0.3 is 9.88 Å². The van der Waals surface area contributed by atoms with Gasteiger partial charge in [-0.3, -0.25) is 0 Å². The molecule has 5 heteroatoms. The first-order valence-corrected chi connectivity index (χ1v) is 7.44. The Hall–Kier alpha value is -1.88. The van der Waals surface area contributed by atoms with E-state index in [4.69, 9.17) is 0 Å². The molecule has 2 aromatic heterocycles. The van der Waals surface area contributed by atoms with Crippen molar-refractivity contribution in [2.75, 3.05) is 11.9 Å². The zero-order valence-corrected chi connectivity index (χ0v) is 12.5. The third-order valence-corrected chi connectivity index (χ3v) is 4.34. The van der Waals surface area contributed by atoms with Gasteiger partial charge in [0.1, 0.15) is 5.82 Å². The van der Waals surface area contributed by atoms with Crippen LogP contribution in [0, 0.1) is 12.7 Å². The Morgan fingerprint density at radius 3 is 2.95 bits per heavy atom. The second kappa shape index (κ2) is 4.90. The van der Waals surface area contributed by atoms with Crippen LogP contribution in [-0.2, 0) is 7.05 Å². The van der Waals surface area contributed by atoms with E-state index in [1.807, 2.05) is 32.3 Å². The highest BCUT2D eigenvalue weighted by atomic mass is 32.1. The molecule has 104 valence electrons. The summed E-state index contributed by atoms with van der Waals surface area (Å²) in [6.07, 6.45) is 0. The molecule has 0 aliphatic carbocycles. The third kappa shape index (κ3) is 1.98. The van der Waals surface area contributed by atoms with E-state index < -0.39 is 0 Å². The Kier molecular flexibility index (Phi) is 3.22. The first-order valence-electron chi connectivity index (χ1n) is 6.56. The fraction of sp³-hybridized carbons (Fsp3) is 0.267. The molecule has 0 saturated carbocycles. The zero-order chi connectivity index (χ0) is 14.3. The topological polar surface area (TPSA) is 29.9 Å². The van der Waals surface area contributed by atoms with Crippen LogP contribution in [0.1, 0.15) is 12.6 Å². The normalized spacial score (nSPS) is 11.2. The minimum atomic E-state index is -0.216. The molecule has 0 unspecified atom stereocenters. The summed E-state index contributed by atoms with van der Waals surface area (Å²) in [5.41, 5.74) is 4.04. The summed E-state index contributed by atoms with van der Waals surface area (Å²) in [6.45, 7) is 4.93. The monoisotopic (exact) mass is 289 g/mol. The Morgan fingerprint density at radius 2 is 2.20 bits per heavy atom. The number of hydrogen-bond donors (Lipinski definition) is 1. The molecule has 20 heavy (non-hydrogen) atoms. The van der Waals surface area contributed by atoms with E-state index in [2.05, 4.69) is 14.9 Å². The van der Waals surface area contributed by atoms with E-state index in [0.29, 0.717) is 0 Å². The lowest BCUT2D eigenvalue weighted by molar-refractivity contribution is 0.629. The number of aryl methyl sites for hydroxylation is 1. The zero-order valence-electron chi connectivity index (χ0n) is 11.7. The number of aromatic nitrogens is 2. The number of rotatable bonds is 3. The SMILES string of the molecule is CCNc1nc(-c2c(C)n(C)c3ccc(F)cc23)cs1. The van der Waals surface area contributed by atoms with Gasteiger partial charge in [0.2, 0.25) is 0 Å². The van der Waals surface area contributed by atoms with Crippen LogP contribution in [0.15, 0.2) is 23.6 Å². The van der Waals surface area contributed by atoms with E-state index >= 15 is 0 Å². The molecule has 0 aliphatic heterocycles. The summed E-state index contributed by atoms with van der Waals surface area (Å²) in [6, 6.07) is 4.90. The van der Waals surface area contributed by atoms with E-state index in [1.54, 1.807) is 17.4 Å². The number of benzene rings is 1. The molecule has 0 amide bonds. The lowest BCUT2D eigenvalue weighted by Gasteiger charge is -1.99. The molecular formula is C15H16FN3S. The highest BCUT2D eigenvalue weighted by Gasteiger charge is 2.16. The molecule has 0 saturated heterocycles. The Labute approximate surface area is 121 Å². The minimum absolute atomic E-state index is 0.216. The second-order valence-electron chi connectivity index (χ2n) is 4.75. The summed E-state index contributed by atoms with van der Waals surface area (Å²) in [5, 5.41) is 7.04. The highest BCUT2D eigenvalue weighted by Crippen LogP contribution is 2.35. The van der Waals surface area contributed by atoms with E-state index in [1.165, 1.54) is 6.07 Å². The summed E-state index contributed by atoms with van der Waals surface area (Å²) in [4.78, 5) is 4.60. The number of halogens is 1. The van der Waals surface area contributed by atoms with Crippen LogP contribution in [0.25, 0.3) is 22.2 Å². The maximum atomic E-state index is 13.6. The average molecular weight is 289 g/mol. The molecule has 2 heterocycles. The van der Waals surface area contributed by atoms with Crippen molar-refractivity contribution in [3.63, 3.8) is 0 Å². The molecule has 1 aromatic carbocycles. The van der Waals surface area contributed by atoms with Gasteiger partial charge in [0.15, 0.2) is 5.13 Å².